The average molecular weight is 462 g/mol. The van der Waals surface area contributed by atoms with Crippen LogP contribution in [0.5, 0.6) is 5.75 Å². The predicted octanol–water partition coefficient (Wildman–Crippen LogP) is 5.06. The molecule has 0 fully saturated rings. The van der Waals surface area contributed by atoms with Crippen LogP contribution in [0.3, 0.4) is 0 Å². The number of benzene rings is 3. The van der Waals surface area contributed by atoms with E-state index < -0.39 is 5.97 Å². The zero-order valence-electron chi connectivity index (χ0n) is 18.8. The molecule has 0 bridgehead atoms. The maximum atomic E-state index is 12.4. The molecule has 0 saturated heterocycles. The smallest absolute Gasteiger partial charge is 0.323 e. The molecule has 0 saturated carbocycles. The van der Waals surface area contributed by atoms with Gasteiger partial charge in [0.1, 0.15) is 5.75 Å². The monoisotopic (exact) mass is 461 g/mol. The number of carboxylic acids is 1. The molecule has 3 amide bonds. The fourth-order valence-electron chi connectivity index (χ4n) is 3.17. The highest BCUT2D eigenvalue weighted by Crippen LogP contribution is 2.19. The summed E-state index contributed by atoms with van der Waals surface area (Å²) in [5.41, 5.74) is 3.70. The Bertz CT molecular complexity index is 1150. The van der Waals surface area contributed by atoms with E-state index in [4.69, 9.17) is 9.84 Å². The van der Waals surface area contributed by atoms with Crippen molar-refractivity contribution < 1.29 is 24.2 Å². The van der Waals surface area contributed by atoms with Crippen LogP contribution in [0.25, 0.3) is 0 Å². The van der Waals surface area contributed by atoms with Crippen molar-refractivity contribution in [3.05, 3.63) is 83.9 Å². The largest absolute Gasteiger partial charge is 0.494 e. The summed E-state index contributed by atoms with van der Waals surface area (Å²) in [4.78, 5) is 35.2. The van der Waals surface area contributed by atoms with Crippen LogP contribution in [0.4, 0.5) is 21.9 Å². The molecule has 0 heterocycles. The number of anilines is 3. The first-order valence-corrected chi connectivity index (χ1v) is 10.9. The first-order chi connectivity index (χ1) is 16.4. The number of carboxylic acid groups (broad SMARTS) is 1. The van der Waals surface area contributed by atoms with Crippen molar-refractivity contribution in [2.75, 3.05) is 22.6 Å². The molecule has 0 atom stereocenters. The predicted molar refractivity (Wildman–Crippen MR) is 131 cm³/mol. The third-order valence-electron chi connectivity index (χ3n) is 4.89. The lowest BCUT2D eigenvalue weighted by atomic mass is 10.1. The van der Waals surface area contributed by atoms with Gasteiger partial charge in [-0.1, -0.05) is 36.4 Å². The summed E-state index contributed by atoms with van der Waals surface area (Å²) in [6.45, 7) is 2.20. The molecule has 0 aromatic heterocycles. The highest BCUT2D eigenvalue weighted by molar-refractivity contribution is 6.00. The number of hydrogen-bond acceptors (Lipinski definition) is 4. The zero-order chi connectivity index (χ0) is 24.3. The van der Waals surface area contributed by atoms with Crippen molar-refractivity contribution in [2.45, 2.75) is 26.2 Å². The Morgan fingerprint density at radius 3 is 2.35 bits per heavy atom. The molecule has 3 aromatic rings. The van der Waals surface area contributed by atoms with E-state index in [1.54, 1.807) is 48.5 Å². The molecule has 34 heavy (non-hydrogen) atoms. The molecular formula is C26H27N3O5. The Kier molecular flexibility index (Phi) is 8.62. The second-order valence-electron chi connectivity index (χ2n) is 7.69. The molecule has 3 rings (SSSR count). The second kappa shape index (κ2) is 12.1. The molecule has 3 aromatic carbocycles. The Morgan fingerprint density at radius 1 is 0.853 bits per heavy atom. The summed E-state index contributed by atoms with van der Waals surface area (Å²) in [5.74, 6) is -0.498. The van der Waals surface area contributed by atoms with Crippen molar-refractivity contribution in [2.24, 2.45) is 0 Å². The van der Waals surface area contributed by atoms with Crippen LogP contribution in [0, 0.1) is 6.92 Å². The Labute approximate surface area is 198 Å². The first kappa shape index (κ1) is 24.3. The molecule has 8 heteroatoms. The van der Waals surface area contributed by atoms with Crippen molar-refractivity contribution in [1.82, 2.24) is 0 Å². The lowest BCUT2D eigenvalue weighted by molar-refractivity contribution is -0.137. The molecule has 176 valence electrons. The van der Waals surface area contributed by atoms with Crippen molar-refractivity contribution in [3.63, 3.8) is 0 Å². The topological polar surface area (TPSA) is 117 Å². The van der Waals surface area contributed by atoms with Crippen LogP contribution in [0.15, 0.2) is 72.8 Å². The van der Waals surface area contributed by atoms with Gasteiger partial charge in [0.2, 0.25) is 5.91 Å². The summed E-state index contributed by atoms with van der Waals surface area (Å²) in [5, 5.41) is 17.1. The molecule has 0 unspecified atom stereocenters. The van der Waals surface area contributed by atoms with Crippen molar-refractivity contribution in [1.29, 1.82) is 0 Å². The number of rotatable bonds is 10. The summed E-state index contributed by atoms with van der Waals surface area (Å²) in [6.07, 6.45) is 0.617. The number of aryl methyl sites for hydroxylation is 1. The third kappa shape index (κ3) is 7.98. The maximum absolute atomic E-state index is 12.4. The van der Waals surface area contributed by atoms with Gasteiger partial charge in [-0.3, -0.25) is 9.59 Å². The minimum Gasteiger partial charge on any atom is -0.494 e. The van der Waals surface area contributed by atoms with Gasteiger partial charge >= 0.3 is 12.0 Å². The normalized spacial score (nSPS) is 10.3. The summed E-state index contributed by atoms with van der Waals surface area (Å²) in [7, 11) is 0. The minimum absolute atomic E-state index is 0.0438. The van der Waals surface area contributed by atoms with Crippen LogP contribution in [-0.2, 0) is 16.0 Å². The van der Waals surface area contributed by atoms with E-state index in [2.05, 4.69) is 16.0 Å². The molecule has 0 radical (unpaired) electrons. The molecule has 0 aliphatic carbocycles. The zero-order valence-corrected chi connectivity index (χ0v) is 18.8. The number of hydrogen-bond donors (Lipinski definition) is 4. The van der Waals surface area contributed by atoms with Crippen LogP contribution in [0.1, 0.15) is 24.0 Å². The van der Waals surface area contributed by atoms with Crippen LogP contribution in [0.2, 0.25) is 0 Å². The molecule has 8 nitrogen and oxygen atoms in total. The van der Waals surface area contributed by atoms with E-state index >= 15 is 0 Å². The number of amides is 3. The molecule has 0 spiro atoms. The van der Waals surface area contributed by atoms with E-state index in [0.29, 0.717) is 23.5 Å². The lowest BCUT2D eigenvalue weighted by Gasteiger charge is -2.11. The summed E-state index contributed by atoms with van der Waals surface area (Å²) in [6, 6.07) is 21.2. The Morgan fingerprint density at radius 2 is 1.62 bits per heavy atom. The average Bonchev–Trinajstić information content (AvgIpc) is 2.80. The molecule has 0 aliphatic heterocycles. The van der Waals surface area contributed by atoms with Crippen LogP contribution >= 0.6 is 0 Å². The fourth-order valence-corrected chi connectivity index (χ4v) is 3.17. The lowest BCUT2D eigenvalue weighted by Crippen LogP contribution is -2.20. The van der Waals surface area contributed by atoms with Gasteiger partial charge in [-0.05, 0) is 54.8 Å². The van der Waals surface area contributed by atoms with E-state index in [0.717, 1.165) is 16.8 Å². The number of nitrogens with one attached hydrogen (secondary N) is 3. The second-order valence-corrected chi connectivity index (χ2v) is 7.69. The first-order valence-electron chi connectivity index (χ1n) is 10.9. The number of urea groups is 1. The number of carbonyl (C=O) groups excluding carboxylic acids is 2. The van der Waals surface area contributed by atoms with Crippen LogP contribution < -0.4 is 20.7 Å². The van der Waals surface area contributed by atoms with Gasteiger partial charge < -0.3 is 25.8 Å². The third-order valence-corrected chi connectivity index (χ3v) is 4.89. The van der Waals surface area contributed by atoms with Gasteiger partial charge in [0.15, 0.2) is 0 Å². The van der Waals surface area contributed by atoms with E-state index in [1.165, 1.54) is 0 Å². The molecule has 0 aliphatic rings. The van der Waals surface area contributed by atoms with Gasteiger partial charge in [-0.2, -0.15) is 0 Å². The molecular weight excluding hydrogens is 434 g/mol. The number of carbonyl (C=O) groups is 3. The van der Waals surface area contributed by atoms with Crippen molar-refractivity contribution in [3.8, 4) is 5.75 Å². The Balaban J connectivity index is 1.47. The maximum Gasteiger partial charge on any atom is 0.323 e. The van der Waals surface area contributed by atoms with Gasteiger partial charge in [-0.15, -0.1) is 0 Å². The fraction of sp³-hybridized carbons (Fsp3) is 0.192. The van der Waals surface area contributed by atoms with Crippen molar-refractivity contribution >= 4 is 35.0 Å². The minimum atomic E-state index is -0.862. The summed E-state index contributed by atoms with van der Waals surface area (Å²) < 4.78 is 5.53. The van der Waals surface area contributed by atoms with Gasteiger partial charge in [0, 0.05) is 29.5 Å². The van der Waals surface area contributed by atoms with Crippen LogP contribution in [-0.4, -0.2) is 29.6 Å². The number of aliphatic carboxylic acids is 1. The summed E-state index contributed by atoms with van der Waals surface area (Å²) >= 11 is 0. The van der Waals surface area contributed by atoms with E-state index in [9.17, 15) is 14.4 Å². The van der Waals surface area contributed by atoms with Gasteiger partial charge in [0.05, 0.1) is 13.0 Å². The van der Waals surface area contributed by atoms with Gasteiger partial charge in [0.25, 0.3) is 0 Å². The standard InChI is InChI=1S/C26H27N3O5/c1-18-6-2-3-9-23(18)29-26(33)28-20-13-11-19(12-14-20)16-24(30)27-21-7-4-8-22(17-21)34-15-5-10-25(31)32/h2-4,6-9,11-14,17H,5,10,15-16H2,1H3,(H,27,30)(H,31,32)(H2,28,29,33). The SMILES string of the molecule is Cc1ccccc1NC(=O)Nc1ccc(CC(=O)Nc2cccc(OCCCC(=O)O)c2)cc1. The highest BCUT2D eigenvalue weighted by Gasteiger charge is 2.08. The quantitative estimate of drug-likeness (QED) is 0.315. The highest BCUT2D eigenvalue weighted by atomic mass is 16.5. The Hall–Kier alpha value is -4.33. The van der Waals surface area contributed by atoms with E-state index in [-0.39, 0.29) is 31.4 Å². The number of ether oxygens (including phenoxy) is 1. The van der Waals surface area contributed by atoms with Gasteiger partial charge in [-0.25, -0.2) is 4.79 Å². The van der Waals surface area contributed by atoms with E-state index in [1.807, 2.05) is 31.2 Å². The molecule has 4 N–H and O–H groups in total. The number of para-hydroxylation sites is 1.